The fraction of sp³-hybridized carbons (Fsp3) is 0.296. The molecule has 12 heteroatoms. The number of carbonyl (C=O) groups excluding carboxylic acids is 1. The molecule has 1 amide bonds. The Hall–Kier alpha value is -4.25. The number of hydrogen-bond donors (Lipinski definition) is 1. The highest BCUT2D eigenvalue weighted by Crippen LogP contribution is 2.38. The Balaban J connectivity index is 1.78. The lowest BCUT2D eigenvalue weighted by atomic mass is 10.1. The summed E-state index contributed by atoms with van der Waals surface area (Å²) in [6.45, 7) is 10.5. The van der Waals surface area contributed by atoms with Crippen molar-refractivity contribution in [2.75, 3.05) is 24.5 Å². The van der Waals surface area contributed by atoms with Gasteiger partial charge >= 0.3 is 5.69 Å². The van der Waals surface area contributed by atoms with Gasteiger partial charge in [-0.25, -0.2) is 23.4 Å². The van der Waals surface area contributed by atoms with Crippen molar-refractivity contribution in [1.29, 1.82) is 0 Å². The number of fused-ring (bicyclic) bond motifs is 1. The van der Waals surface area contributed by atoms with Crippen molar-refractivity contribution in [2.24, 2.45) is 0 Å². The molecule has 1 N–H and O–H groups in total. The van der Waals surface area contributed by atoms with Crippen LogP contribution in [0, 0.1) is 5.82 Å². The van der Waals surface area contributed by atoms with Gasteiger partial charge in [-0.3, -0.25) is 4.79 Å². The predicted octanol–water partition coefficient (Wildman–Crippen LogP) is 3.95. The highest BCUT2D eigenvalue weighted by atomic mass is 35.5. The monoisotopic (exact) mass is 551 g/mol. The number of benzene rings is 1. The van der Waals surface area contributed by atoms with Crippen LogP contribution in [0.1, 0.15) is 26.8 Å². The summed E-state index contributed by atoms with van der Waals surface area (Å²) in [4.78, 5) is 38.6. The lowest BCUT2D eigenvalue weighted by Crippen LogP contribution is -2.54. The number of aromatic hydroxyl groups is 1. The van der Waals surface area contributed by atoms with E-state index in [2.05, 4.69) is 21.6 Å². The van der Waals surface area contributed by atoms with Crippen molar-refractivity contribution in [2.45, 2.75) is 32.9 Å². The Morgan fingerprint density at radius 2 is 2.03 bits per heavy atom. The second-order valence-electron chi connectivity index (χ2n) is 9.64. The van der Waals surface area contributed by atoms with Gasteiger partial charge in [-0.2, -0.15) is 10.1 Å². The molecule has 3 aromatic heterocycles. The second-order valence-corrected chi connectivity index (χ2v) is 10.0. The summed E-state index contributed by atoms with van der Waals surface area (Å²) in [5.41, 5.74) is -0.638. The third-order valence-electron chi connectivity index (χ3n) is 6.78. The molecule has 0 bridgehead atoms. The Bertz CT molecular complexity index is 1650. The van der Waals surface area contributed by atoms with Crippen LogP contribution < -0.4 is 10.6 Å². The van der Waals surface area contributed by atoms with E-state index in [0.29, 0.717) is 36.7 Å². The number of carbonyl (C=O) groups is 1. The summed E-state index contributed by atoms with van der Waals surface area (Å²) in [7, 11) is 0. The van der Waals surface area contributed by atoms with Gasteiger partial charge in [0.15, 0.2) is 5.65 Å². The van der Waals surface area contributed by atoms with Crippen LogP contribution >= 0.6 is 11.6 Å². The molecule has 39 heavy (non-hydrogen) atoms. The van der Waals surface area contributed by atoms with Gasteiger partial charge in [0.2, 0.25) is 5.91 Å². The van der Waals surface area contributed by atoms with E-state index in [-0.39, 0.29) is 45.7 Å². The Kier molecular flexibility index (Phi) is 6.85. The van der Waals surface area contributed by atoms with Crippen molar-refractivity contribution in [3.05, 3.63) is 70.5 Å². The van der Waals surface area contributed by atoms with Gasteiger partial charge in [0.05, 0.1) is 27.9 Å². The van der Waals surface area contributed by atoms with Crippen LogP contribution in [0.3, 0.4) is 0 Å². The number of halogens is 2. The van der Waals surface area contributed by atoms with Crippen molar-refractivity contribution in [3.63, 3.8) is 0 Å². The molecular weight excluding hydrogens is 525 g/mol. The minimum atomic E-state index is -0.712. The number of aromatic nitrogens is 5. The summed E-state index contributed by atoms with van der Waals surface area (Å²) in [5, 5.41) is 15.3. The molecule has 5 rings (SSSR count). The number of phenolic OH excluding ortho intramolecular Hbond substituents is 1. The number of piperazine rings is 1. The minimum Gasteiger partial charge on any atom is -0.507 e. The zero-order valence-electron chi connectivity index (χ0n) is 21.7. The van der Waals surface area contributed by atoms with E-state index in [9.17, 15) is 19.1 Å². The van der Waals surface area contributed by atoms with Crippen molar-refractivity contribution >= 4 is 34.4 Å². The van der Waals surface area contributed by atoms with Crippen molar-refractivity contribution < 1.29 is 14.3 Å². The van der Waals surface area contributed by atoms with Gasteiger partial charge in [-0.1, -0.05) is 24.2 Å². The van der Waals surface area contributed by atoms with E-state index in [1.54, 1.807) is 27.9 Å². The quantitative estimate of drug-likeness (QED) is 0.374. The molecule has 1 atom stereocenters. The molecule has 0 spiro atoms. The van der Waals surface area contributed by atoms with Crippen molar-refractivity contribution in [3.8, 4) is 22.8 Å². The average molecular weight is 552 g/mol. The van der Waals surface area contributed by atoms with Crippen LogP contribution in [0.25, 0.3) is 28.1 Å². The maximum Gasteiger partial charge on any atom is 0.357 e. The van der Waals surface area contributed by atoms with E-state index < -0.39 is 11.5 Å². The second kappa shape index (κ2) is 10.1. The number of hydrogen-bond acceptors (Lipinski definition) is 7. The number of anilines is 1. The number of amides is 1. The maximum atomic E-state index is 14.9. The van der Waals surface area contributed by atoms with Gasteiger partial charge in [-0.15, -0.1) is 0 Å². The lowest BCUT2D eigenvalue weighted by molar-refractivity contribution is -0.126. The molecular formula is C27H27ClFN7O3. The van der Waals surface area contributed by atoms with Crippen LogP contribution in [0.4, 0.5) is 10.2 Å². The maximum absolute atomic E-state index is 14.9. The van der Waals surface area contributed by atoms with Crippen LogP contribution in [-0.2, 0) is 4.79 Å². The summed E-state index contributed by atoms with van der Waals surface area (Å²) in [6, 6.07) is 6.88. The van der Waals surface area contributed by atoms with Gasteiger partial charge in [0.1, 0.15) is 23.2 Å². The molecule has 1 aliphatic rings. The molecule has 4 heterocycles. The number of rotatable bonds is 5. The molecule has 4 aromatic rings. The lowest BCUT2D eigenvalue weighted by Gasteiger charge is -2.40. The molecule has 1 fully saturated rings. The zero-order valence-corrected chi connectivity index (χ0v) is 22.4. The Morgan fingerprint density at radius 1 is 1.26 bits per heavy atom. The molecule has 1 aromatic carbocycles. The SMILES string of the molecule is C=CC(=O)N1CCN(c2nc(=O)n(-c3ccnn3C(C)C)c3nc(-c4c(O)cccc4F)c(Cl)cc23)[C@@H](C)C1. The molecule has 0 unspecified atom stereocenters. The first-order valence-corrected chi connectivity index (χ1v) is 12.8. The van der Waals surface area contributed by atoms with Gasteiger partial charge in [0.25, 0.3) is 0 Å². The van der Waals surface area contributed by atoms with E-state index in [4.69, 9.17) is 11.6 Å². The number of nitrogens with zero attached hydrogens (tertiary/aromatic N) is 7. The first-order chi connectivity index (χ1) is 18.6. The summed E-state index contributed by atoms with van der Waals surface area (Å²) < 4.78 is 17.9. The van der Waals surface area contributed by atoms with Crippen LogP contribution in [-0.4, -0.2) is 65.9 Å². The van der Waals surface area contributed by atoms with Gasteiger partial charge < -0.3 is 14.9 Å². The smallest absolute Gasteiger partial charge is 0.357 e. The van der Waals surface area contributed by atoms with Crippen LogP contribution in [0.15, 0.2) is 54.0 Å². The van der Waals surface area contributed by atoms with Gasteiger partial charge in [-0.05, 0) is 45.0 Å². The summed E-state index contributed by atoms with van der Waals surface area (Å²) >= 11 is 6.66. The molecule has 10 nitrogen and oxygen atoms in total. The predicted molar refractivity (Wildman–Crippen MR) is 147 cm³/mol. The zero-order chi connectivity index (χ0) is 28.0. The van der Waals surface area contributed by atoms with E-state index in [1.165, 1.54) is 28.8 Å². The van der Waals surface area contributed by atoms with Gasteiger partial charge in [0, 0.05) is 37.8 Å². The van der Waals surface area contributed by atoms with E-state index >= 15 is 0 Å². The third-order valence-corrected chi connectivity index (χ3v) is 7.07. The average Bonchev–Trinajstić information content (AvgIpc) is 3.38. The molecule has 1 saturated heterocycles. The first kappa shape index (κ1) is 26.4. The van der Waals surface area contributed by atoms with Crippen LogP contribution in [0.5, 0.6) is 5.75 Å². The molecule has 202 valence electrons. The molecule has 0 aliphatic carbocycles. The normalized spacial score (nSPS) is 15.8. The van der Waals surface area contributed by atoms with E-state index in [0.717, 1.165) is 0 Å². The van der Waals surface area contributed by atoms with E-state index in [1.807, 2.05) is 25.7 Å². The number of phenols is 1. The summed E-state index contributed by atoms with van der Waals surface area (Å²) in [5.74, 6) is -0.451. The number of pyridine rings is 1. The van der Waals surface area contributed by atoms with Crippen molar-refractivity contribution in [1.82, 2.24) is 29.2 Å². The molecule has 0 radical (unpaired) electrons. The summed E-state index contributed by atoms with van der Waals surface area (Å²) in [6.07, 6.45) is 2.84. The minimum absolute atomic E-state index is 0.0184. The Labute approximate surface area is 228 Å². The standard InChI is InChI=1S/C27H27ClFN7O3/c1-5-22(38)33-11-12-34(16(4)14-33)25-17-13-18(28)24(23-19(29)7-6-8-20(23)37)31-26(17)35(27(39)32-25)21-9-10-30-36(21)15(2)3/h5-10,13,15-16,37H,1,11-12,14H2,2-4H3/t16-/m0/s1. The first-order valence-electron chi connectivity index (χ1n) is 12.4. The fourth-order valence-corrected chi connectivity index (χ4v) is 5.18. The largest absolute Gasteiger partial charge is 0.507 e. The fourth-order valence-electron chi connectivity index (χ4n) is 4.94. The highest BCUT2D eigenvalue weighted by Gasteiger charge is 2.30. The molecule has 0 saturated carbocycles. The molecule has 1 aliphatic heterocycles. The third kappa shape index (κ3) is 4.52. The highest BCUT2D eigenvalue weighted by molar-refractivity contribution is 6.34. The topological polar surface area (TPSA) is 109 Å². The Morgan fingerprint density at radius 3 is 2.69 bits per heavy atom. The van der Waals surface area contributed by atoms with Crippen LogP contribution in [0.2, 0.25) is 5.02 Å².